The number of aliphatic hydroxyl groups excluding tert-OH is 1. The highest BCUT2D eigenvalue weighted by atomic mass is 79.9. The zero-order valence-electron chi connectivity index (χ0n) is 9.48. The molecule has 2 rings (SSSR count). The van der Waals surface area contributed by atoms with Crippen LogP contribution in [0, 0.1) is 5.82 Å². The third-order valence-electron chi connectivity index (χ3n) is 2.49. The van der Waals surface area contributed by atoms with E-state index in [2.05, 4.69) is 15.9 Å². The average molecular weight is 315 g/mol. The third kappa shape index (κ3) is 3.11. The lowest BCUT2D eigenvalue weighted by Crippen LogP contribution is -2.14. The van der Waals surface area contributed by atoms with E-state index in [0.717, 1.165) is 0 Å². The van der Waals surface area contributed by atoms with Crippen molar-refractivity contribution in [1.82, 2.24) is 0 Å². The standard InChI is InChI=1S/C13H12BrFO3/c14-13-6-5-11(18-13)9(7-16)8-17-12-4-2-1-3-10(12)15/h1-6,9,16H,7-8H2. The van der Waals surface area contributed by atoms with Gasteiger partial charge in [-0.05, 0) is 40.2 Å². The fourth-order valence-electron chi connectivity index (χ4n) is 1.52. The van der Waals surface area contributed by atoms with Gasteiger partial charge >= 0.3 is 0 Å². The summed E-state index contributed by atoms with van der Waals surface area (Å²) in [6.45, 7) is 0.0196. The Labute approximate surface area is 112 Å². The Bertz CT molecular complexity index is 512. The summed E-state index contributed by atoms with van der Waals surface area (Å²) >= 11 is 3.19. The van der Waals surface area contributed by atoms with Gasteiger partial charge in [0.1, 0.15) is 12.4 Å². The van der Waals surface area contributed by atoms with Crippen LogP contribution in [0.25, 0.3) is 0 Å². The maximum Gasteiger partial charge on any atom is 0.169 e. The molecule has 0 aliphatic rings. The molecule has 1 heterocycles. The predicted octanol–water partition coefficient (Wildman–Crippen LogP) is 3.34. The van der Waals surface area contributed by atoms with Gasteiger partial charge in [-0.25, -0.2) is 4.39 Å². The Morgan fingerprint density at radius 3 is 2.67 bits per heavy atom. The predicted molar refractivity (Wildman–Crippen MR) is 68.1 cm³/mol. The largest absolute Gasteiger partial charge is 0.490 e. The van der Waals surface area contributed by atoms with E-state index < -0.39 is 5.82 Å². The van der Waals surface area contributed by atoms with Crippen LogP contribution in [-0.4, -0.2) is 18.3 Å². The summed E-state index contributed by atoms with van der Waals surface area (Å²) in [5, 5.41) is 9.29. The first-order valence-electron chi connectivity index (χ1n) is 5.44. The number of halogens is 2. The van der Waals surface area contributed by atoms with E-state index in [1.54, 1.807) is 30.3 Å². The van der Waals surface area contributed by atoms with E-state index in [-0.39, 0.29) is 24.9 Å². The van der Waals surface area contributed by atoms with Gasteiger partial charge in [-0.1, -0.05) is 12.1 Å². The highest BCUT2D eigenvalue weighted by Crippen LogP contribution is 2.24. The average Bonchev–Trinajstić information content (AvgIpc) is 2.79. The lowest BCUT2D eigenvalue weighted by molar-refractivity contribution is 0.185. The summed E-state index contributed by atoms with van der Waals surface area (Å²) in [4.78, 5) is 0. The Hall–Kier alpha value is -1.33. The first kappa shape index (κ1) is 13.1. The molecule has 2 aromatic rings. The molecule has 0 radical (unpaired) electrons. The van der Waals surface area contributed by atoms with Gasteiger partial charge < -0.3 is 14.3 Å². The number of para-hydroxylation sites is 1. The minimum Gasteiger partial charge on any atom is -0.490 e. The van der Waals surface area contributed by atoms with Crippen LogP contribution in [0.15, 0.2) is 45.5 Å². The van der Waals surface area contributed by atoms with Crippen molar-refractivity contribution in [3.63, 3.8) is 0 Å². The zero-order chi connectivity index (χ0) is 13.0. The van der Waals surface area contributed by atoms with Gasteiger partial charge in [0.2, 0.25) is 0 Å². The monoisotopic (exact) mass is 314 g/mol. The normalized spacial score (nSPS) is 12.4. The van der Waals surface area contributed by atoms with E-state index in [1.165, 1.54) is 6.07 Å². The molecular formula is C13H12BrFO3. The van der Waals surface area contributed by atoms with Crippen molar-refractivity contribution in [2.24, 2.45) is 0 Å². The molecule has 3 nitrogen and oxygen atoms in total. The molecule has 0 saturated heterocycles. The van der Waals surface area contributed by atoms with Gasteiger partial charge in [0.15, 0.2) is 16.2 Å². The molecule has 1 N–H and O–H groups in total. The molecule has 1 aromatic heterocycles. The highest BCUT2D eigenvalue weighted by Gasteiger charge is 2.16. The maximum absolute atomic E-state index is 13.3. The second-order valence-electron chi connectivity index (χ2n) is 3.76. The van der Waals surface area contributed by atoms with E-state index in [0.29, 0.717) is 10.4 Å². The second-order valence-corrected chi connectivity index (χ2v) is 4.54. The molecule has 0 bridgehead atoms. The Morgan fingerprint density at radius 1 is 1.28 bits per heavy atom. The molecule has 0 aliphatic carbocycles. The molecule has 0 spiro atoms. The van der Waals surface area contributed by atoms with E-state index in [4.69, 9.17) is 9.15 Å². The third-order valence-corrected chi connectivity index (χ3v) is 2.92. The molecule has 1 aromatic carbocycles. The fraction of sp³-hybridized carbons (Fsp3) is 0.231. The molecule has 0 aliphatic heterocycles. The molecule has 18 heavy (non-hydrogen) atoms. The van der Waals surface area contributed by atoms with Crippen molar-refractivity contribution in [3.8, 4) is 5.75 Å². The quantitative estimate of drug-likeness (QED) is 0.920. The number of hydrogen-bond donors (Lipinski definition) is 1. The summed E-state index contributed by atoms with van der Waals surface area (Å²) in [7, 11) is 0. The number of furan rings is 1. The Kier molecular flexibility index (Phi) is 4.38. The number of hydrogen-bond acceptors (Lipinski definition) is 3. The van der Waals surface area contributed by atoms with Gasteiger partial charge in [-0.15, -0.1) is 0 Å². The van der Waals surface area contributed by atoms with Gasteiger partial charge in [-0.3, -0.25) is 0 Å². The zero-order valence-corrected chi connectivity index (χ0v) is 11.1. The van der Waals surface area contributed by atoms with Gasteiger partial charge in [0.05, 0.1) is 12.5 Å². The Morgan fingerprint density at radius 2 is 2.06 bits per heavy atom. The van der Waals surface area contributed by atoms with Crippen LogP contribution in [0.2, 0.25) is 0 Å². The lowest BCUT2D eigenvalue weighted by Gasteiger charge is -2.13. The van der Waals surface area contributed by atoms with E-state index >= 15 is 0 Å². The summed E-state index contributed by atoms with van der Waals surface area (Å²) < 4.78 is 24.6. The highest BCUT2D eigenvalue weighted by molar-refractivity contribution is 9.10. The minimum atomic E-state index is -0.421. The smallest absolute Gasteiger partial charge is 0.169 e. The van der Waals surface area contributed by atoms with Gasteiger partial charge in [0.25, 0.3) is 0 Å². The van der Waals surface area contributed by atoms with Crippen LogP contribution in [-0.2, 0) is 0 Å². The molecule has 1 atom stereocenters. The van der Waals surface area contributed by atoms with E-state index in [9.17, 15) is 9.50 Å². The van der Waals surface area contributed by atoms with Crippen molar-refractivity contribution in [1.29, 1.82) is 0 Å². The van der Waals surface area contributed by atoms with Crippen molar-refractivity contribution in [3.05, 3.63) is 52.6 Å². The van der Waals surface area contributed by atoms with E-state index in [1.807, 2.05) is 0 Å². The van der Waals surface area contributed by atoms with Crippen molar-refractivity contribution >= 4 is 15.9 Å². The van der Waals surface area contributed by atoms with Crippen LogP contribution in [0.5, 0.6) is 5.75 Å². The first-order valence-corrected chi connectivity index (χ1v) is 6.23. The topological polar surface area (TPSA) is 42.6 Å². The van der Waals surface area contributed by atoms with Crippen molar-refractivity contribution in [2.75, 3.05) is 13.2 Å². The number of ether oxygens (including phenoxy) is 1. The van der Waals surface area contributed by atoms with Gasteiger partial charge in [0, 0.05) is 0 Å². The van der Waals surface area contributed by atoms with Crippen molar-refractivity contribution < 1.29 is 18.7 Å². The molecule has 0 fully saturated rings. The fourth-order valence-corrected chi connectivity index (χ4v) is 1.84. The SMILES string of the molecule is OCC(COc1ccccc1F)c1ccc(Br)o1. The summed E-state index contributed by atoms with van der Waals surface area (Å²) in [6, 6.07) is 9.64. The van der Waals surface area contributed by atoms with Crippen LogP contribution in [0.4, 0.5) is 4.39 Å². The molecule has 1 unspecified atom stereocenters. The summed E-state index contributed by atoms with van der Waals surface area (Å²) in [6.07, 6.45) is 0. The number of rotatable bonds is 5. The van der Waals surface area contributed by atoms with Crippen molar-refractivity contribution in [2.45, 2.75) is 5.92 Å². The lowest BCUT2D eigenvalue weighted by atomic mass is 10.1. The van der Waals surface area contributed by atoms with Crippen LogP contribution < -0.4 is 4.74 Å². The minimum absolute atomic E-state index is 0.131. The number of benzene rings is 1. The van der Waals surface area contributed by atoms with Gasteiger partial charge in [-0.2, -0.15) is 0 Å². The Balaban J connectivity index is 2.02. The second kappa shape index (κ2) is 6.02. The van der Waals surface area contributed by atoms with Crippen LogP contribution in [0.1, 0.15) is 11.7 Å². The van der Waals surface area contributed by atoms with Crippen LogP contribution >= 0.6 is 15.9 Å². The molecule has 5 heteroatoms. The molecule has 0 amide bonds. The molecular weight excluding hydrogens is 303 g/mol. The summed E-state index contributed by atoms with van der Waals surface area (Å²) in [5.41, 5.74) is 0. The van der Waals surface area contributed by atoms with Crippen LogP contribution in [0.3, 0.4) is 0 Å². The summed E-state index contributed by atoms with van der Waals surface area (Å²) in [5.74, 6) is 0.0213. The maximum atomic E-state index is 13.3. The first-order chi connectivity index (χ1) is 8.70. The molecule has 0 saturated carbocycles. The number of aliphatic hydroxyl groups is 1. The molecule has 96 valence electrons.